The van der Waals surface area contributed by atoms with E-state index in [-0.39, 0.29) is 5.91 Å². The molecule has 1 aliphatic rings. The molecule has 0 bridgehead atoms. The molecule has 1 amide bonds. The Kier molecular flexibility index (Phi) is 6.13. The summed E-state index contributed by atoms with van der Waals surface area (Å²) in [6.45, 7) is 2.80. The Bertz CT molecular complexity index is 513. The zero-order valence-corrected chi connectivity index (χ0v) is 14.6. The molecule has 1 saturated carbocycles. The summed E-state index contributed by atoms with van der Waals surface area (Å²) in [7, 11) is 4.74. The molecule has 0 atom stereocenters. The van der Waals surface area contributed by atoms with E-state index in [9.17, 15) is 4.79 Å². The van der Waals surface area contributed by atoms with Gasteiger partial charge in [-0.3, -0.25) is 4.79 Å². The van der Waals surface area contributed by atoms with Crippen LogP contribution < -0.4 is 14.2 Å². The second-order valence-electron chi connectivity index (χ2n) is 5.83. The largest absolute Gasteiger partial charge is 0.493 e. The standard InChI is InChI=1S/C18H27NO4/c1-5-19(14-8-6-7-9-14)17(20)12-13-10-15(21-2)18(23-4)16(11-13)22-3/h10-11,14H,5-9,12H2,1-4H3. The molecule has 23 heavy (non-hydrogen) atoms. The van der Waals surface area contributed by atoms with Crippen molar-refractivity contribution in [2.24, 2.45) is 0 Å². The van der Waals surface area contributed by atoms with Crippen LogP contribution in [-0.2, 0) is 11.2 Å². The number of benzene rings is 1. The Morgan fingerprint density at radius 2 is 1.65 bits per heavy atom. The van der Waals surface area contributed by atoms with Crippen molar-refractivity contribution in [2.75, 3.05) is 27.9 Å². The van der Waals surface area contributed by atoms with Crippen molar-refractivity contribution < 1.29 is 19.0 Å². The lowest BCUT2D eigenvalue weighted by molar-refractivity contribution is -0.132. The van der Waals surface area contributed by atoms with Crippen molar-refractivity contribution in [1.82, 2.24) is 4.90 Å². The maximum absolute atomic E-state index is 12.7. The topological polar surface area (TPSA) is 48.0 Å². The molecule has 0 N–H and O–H groups in total. The first-order valence-corrected chi connectivity index (χ1v) is 8.22. The lowest BCUT2D eigenvalue weighted by Gasteiger charge is -2.28. The van der Waals surface area contributed by atoms with Gasteiger partial charge in [0.1, 0.15) is 0 Å². The number of ether oxygens (including phenoxy) is 3. The van der Waals surface area contributed by atoms with E-state index in [2.05, 4.69) is 0 Å². The Balaban J connectivity index is 2.19. The fourth-order valence-corrected chi connectivity index (χ4v) is 3.37. The highest BCUT2D eigenvalue weighted by Crippen LogP contribution is 2.38. The van der Waals surface area contributed by atoms with E-state index in [1.54, 1.807) is 21.3 Å². The first-order chi connectivity index (χ1) is 11.1. The molecule has 2 rings (SSSR count). The van der Waals surface area contributed by atoms with Gasteiger partial charge in [-0.15, -0.1) is 0 Å². The first-order valence-electron chi connectivity index (χ1n) is 8.22. The SMILES string of the molecule is CCN(C(=O)Cc1cc(OC)c(OC)c(OC)c1)C1CCCC1. The van der Waals surface area contributed by atoms with Crippen LogP contribution in [0.3, 0.4) is 0 Å². The van der Waals surface area contributed by atoms with Crippen molar-refractivity contribution >= 4 is 5.91 Å². The minimum atomic E-state index is 0.161. The van der Waals surface area contributed by atoms with Gasteiger partial charge in [0, 0.05) is 12.6 Å². The van der Waals surface area contributed by atoms with Crippen LogP contribution in [0.2, 0.25) is 0 Å². The number of nitrogens with zero attached hydrogens (tertiary/aromatic N) is 1. The van der Waals surface area contributed by atoms with Gasteiger partial charge in [0.25, 0.3) is 0 Å². The van der Waals surface area contributed by atoms with Gasteiger partial charge in [-0.25, -0.2) is 0 Å². The normalized spacial score (nSPS) is 14.6. The number of carbonyl (C=O) groups is 1. The fraction of sp³-hybridized carbons (Fsp3) is 0.611. The molecule has 1 aromatic rings. The lowest BCUT2D eigenvalue weighted by atomic mass is 10.1. The number of likely N-dealkylation sites (N-methyl/N-ethyl adjacent to an activating group) is 1. The van der Waals surface area contributed by atoms with Crippen molar-refractivity contribution in [3.63, 3.8) is 0 Å². The molecule has 128 valence electrons. The Labute approximate surface area is 138 Å². The Morgan fingerprint density at radius 3 is 2.09 bits per heavy atom. The van der Waals surface area contributed by atoms with E-state index >= 15 is 0 Å². The average Bonchev–Trinajstić information content (AvgIpc) is 3.08. The summed E-state index contributed by atoms with van der Waals surface area (Å²) in [6, 6.07) is 4.10. The maximum Gasteiger partial charge on any atom is 0.227 e. The highest BCUT2D eigenvalue weighted by molar-refractivity contribution is 5.79. The molecule has 0 unspecified atom stereocenters. The number of rotatable bonds is 7. The van der Waals surface area contributed by atoms with Crippen LogP contribution in [0.1, 0.15) is 38.2 Å². The molecule has 0 heterocycles. The Morgan fingerprint density at radius 1 is 1.09 bits per heavy atom. The molecule has 0 radical (unpaired) electrons. The highest BCUT2D eigenvalue weighted by Gasteiger charge is 2.25. The van der Waals surface area contributed by atoms with Crippen molar-refractivity contribution in [3.8, 4) is 17.2 Å². The van der Waals surface area contributed by atoms with E-state index < -0.39 is 0 Å². The van der Waals surface area contributed by atoms with Gasteiger partial charge in [0.05, 0.1) is 27.8 Å². The fourth-order valence-electron chi connectivity index (χ4n) is 3.37. The van der Waals surface area contributed by atoms with Crippen LogP contribution in [0.5, 0.6) is 17.2 Å². The number of carbonyl (C=O) groups excluding carboxylic acids is 1. The number of amides is 1. The van der Waals surface area contributed by atoms with E-state index in [0.29, 0.717) is 29.7 Å². The first kappa shape index (κ1) is 17.4. The molecule has 1 fully saturated rings. The maximum atomic E-state index is 12.7. The van der Waals surface area contributed by atoms with Crippen molar-refractivity contribution in [3.05, 3.63) is 17.7 Å². The van der Waals surface area contributed by atoms with Crippen LogP contribution in [0.4, 0.5) is 0 Å². The molecule has 0 saturated heterocycles. The van der Waals surface area contributed by atoms with E-state index in [0.717, 1.165) is 24.9 Å². The monoisotopic (exact) mass is 321 g/mol. The summed E-state index contributed by atoms with van der Waals surface area (Å²) in [5.74, 6) is 1.88. The highest BCUT2D eigenvalue weighted by atomic mass is 16.5. The van der Waals surface area contributed by atoms with Gasteiger partial charge < -0.3 is 19.1 Å². The van der Waals surface area contributed by atoms with Crippen molar-refractivity contribution in [1.29, 1.82) is 0 Å². The summed E-state index contributed by atoms with van der Waals surface area (Å²) in [4.78, 5) is 14.7. The molecule has 5 nitrogen and oxygen atoms in total. The van der Waals surface area contributed by atoms with E-state index in [1.807, 2.05) is 24.0 Å². The second kappa shape index (κ2) is 8.09. The predicted octanol–water partition coefficient (Wildman–Crippen LogP) is 3.05. The van der Waals surface area contributed by atoms with Gasteiger partial charge in [0.15, 0.2) is 11.5 Å². The predicted molar refractivity (Wildman–Crippen MR) is 89.4 cm³/mol. The molecule has 1 aliphatic carbocycles. The zero-order valence-electron chi connectivity index (χ0n) is 14.6. The summed E-state index contributed by atoms with van der Waals surface area (Å²) in [5, 5.41) is 0. The zero-order chi connectivity index (χ0) is 16.8. The molecule has 0 spiro atoms. The molecule has 0 aromatic heterocycles. The molecule has 1 aromatic carbocycles. The van der Waals surface area contributed by atoms with Crippen LogP contribution >= 0.6 is 0 Å². The summed E-state index contributed by atoms with van der Waals surface area (Å²) < 4.78 is 16.0. The third-order valence-corrected chi connectivity index (χ3v) is 4.51. The Hall–Kier alpha value is -1.91. The smallest absolute Gasteiger partial charge is 0.227 e. The lowest BCUT2D eigenvalue weighted by Crippen LogP contribution is -2.39. The van der Waals surface area contributed by atoms with Crippen LogP contribution in [-0.4, -0.2) is 44.7 Å². The van der Waals surface area contributed by atoms with Crippen LogP contribution in [0, 0.1) is 0 Å². The number of methoxy groups -OCH3 is 3. The summed E-state index contributed by atoms with van der Waals surface area (Å²) in [6.07, 6.45) is 5.03. The molecular weight excluding hydrogens is 294 g/mol. The van der Waals surface area contributed by atoms with Gasteiger partial charge in [-0.2, -0.15) is 0 Å². The van der Waals surface area contributed by atoms with Gasteiger partial charge in [0.2, 0.25) is 11.7 Å². The van der Waals surface area contributed by atoms with Gasteiger partial charge >= 0.3 is 0 Å². The minimum Gasteiger partial charge on any atom is -0.493 e. The molecular formula is C18H27NO4. The quantitative estimate of drug-likeness (QED) is 0.774. The van der Waals surface area contributed by atoms with Gasteiger partial charge in [-0.1, -0.05) is 12.8 Å². The minimum absolute atomic E-state index is 0.161. The number of hydrogen-bond donors (Lipinski definition) is 0. The van der Waals surface area contributed by atoms with E-state index in [4.69, 9.17) is 14.2 Å². The van der Waals surface area contributed by atoms with Crippen molar-refractivity contribution in [2.45, 2.75) is 45.1 Å². The molecule has 5 heteroatoms. The van der Waals surface area contributed by atoms with Crippen LogP contribution in [0.15, 0.2) is 12.1 Å². The third-order valence-electron chi connectivity index (χ3n) is 4.51. The summed E-state index contributed by atoms with van der Waals surface area (Å²) >= 11 is 0. The van der Waals surface area contributed by atoms with E-state index in [1.165, 1.54) is 12.8 Å². The third kappa shape index (κ3) is 3.89. The summed E-state index contributed by atoms with van der Waals surface area (Å²) in [5.41, 5.74) is 0.876. The second-order valence-corrected chi connectivity index (χ2v) is 5.83. The van der Waals surface area contributed by atoms with Gasteiger partial charge in [-0.05, 0) is 37.5 Å². The number of hydrogen-bond acceptors (Lipinski definition) is 4. The van der Waals surface area contributed by atoms with Crippen LogP contribution in [0.25, 0.3) is 0 Å². The average molecular weight is 321 g/mol. The molecule has 0 aliphatic heterocycles.